The van der Waals surface area contributed by atoms with Crippen LogP contribution in [0.2, 0.25) is 0 Å². The molecule has 108 valence electrons. The number of hydrogen-bond acceptors (Lipinski definition) is 3. The summed E-state index contributed by atoms with van der Waals surface area (Å²) in [5, 5.41) is 2.85. The van der Waals surface area contributed by atoms with Crippen LogP contribution in [-0.2, 0) is 14.3 Å². The summed E-state index contributed by atoms with van der Waals surface area (Å²) in [5.41, 5.74) is -1.03. The van der Waals surface area contributed by atoms with Gasteiger partial charge in [-0.2, -0.15) is 0 Å². The van der Waals surface area contributed by atoms with E-state index in [1.807, 2.05) is 13.8 Å². The van der Waals surface area contributed by atoms with E-state index in [2.05, 4.69) is 12.2 Å². The minimum Gasteiger partial charge on any atom is -0.373 e. The molecule has 2 saturated heterocycles. The number of carbonyl (C=O) groups is 2. The molecule has 0 saturated carbocycles. The van der Waals surface area contributed by atoms with E-state index < -0.39 is 5.54 Å². The standard InChI is InChI=1S/C14H24N2O3/c1-4-14(3)12(18)16(8-6-11(17)15-14)10-13(2)7-5-9-19-13/h4-10H2,1-3H3,(H,15,17). The number of nitrogens with one attached hydrogen (secondary N) is 1. The van der Waals surface area contributed by atoms with Crippen molar-refractivity contribution in [3.05, 3.63) is 0 Å². The van der Waals surface area contributed by atoms with Crippen LogP contribution in [-0.4, -0.2) is 47.6 Å². The molecule has 2 atom stereocenters. The Morgan fingerprint density at radius 3 is 2.68 bits per heavy atom. The Bertz CT molecular complexity index is 377. The van der Waals surface area contributed by atoms with Crippen molar-refractivity contribution in [1.82, 2.24) is 10.2 Å². The minimum atomic E-state index is -0.775. The Morgan fingerprint density at radius 2 is 2.11 bits per heavy atom. The van der Waals surface area contributed by atoms with Gasteiger partial charge < -0.3 is 15.0 Å². The van der Waals surface area contributed by atoms with Crippen LogP contribution >= 0.6 is 0 Å². The first kappa shape index (κ1) is 14.3. The van der Waals surface area contributed by atoms with Gasteiger partial charge in [-0.15, -0.1) is 0 Å². The highest BCUT2D eigenvalue weighted by Gasteiger charge is 2.42. The van der Waals surface area contributed by atoms with Crippen LogP contribution in [0.15, 0.2) is 0 Å². The zero-order chi connectivity index (χ0) is 14.1. The first-order chi connectivity index (χ1) is 8.88. The molecule has 2 heterocycles. The molecular formula is C14H24N2O3. The van der Waals surface area contributed by atoms with Crippen LogP contribution in [0.1, 0.15) is 46.5 Å². The molecule has 0 bridgehead atoms. The summed E-state index contributed by atoms with van der Waals surface area (Å²) in [6.45, 7) is 7.62. The van der Waals surface area contributed by atoms with Crippen molar-refractivity contribution in [1.29, 1.82) is 0 Å². The fourth-order valence-corrected chi connectivity index (χ4v) is 2.87. The van der Waals surface area contributed by atoms with Crippen molar-refractivity contribution in [3.8, 4) is 0 Å². The molecule has 2 rings (SSSR count). The largest absolute Gasteiger partial charge is 0.373 e. The van der Waals surface area contributed by atoms with E-state index in [0.717, 1.165) is 19.4 Å². The maximum atomic E-state index is 12.6. The molecule has 2 unspecified atom stereocenters. The maximum absolute atomic E-state index is 12.6. The lowest BCUT2D eigenvalue weighted by molar-refractivity contribution is -0.141. The van der Waals surface area contributed by atoms with E-state index in [-0.39, 0.29) is 17.4 Å². The molecule has 0 aromatic heterocycles. The third kappa shape index (κ3) is 2.91. The van der Waals surface area contributed by atoms with Crippen LogP contribution in [0, 0.1) is 0 Å². The fourth-order valence-electron chi connectivity index (χ4n) is 2.87. The van der Waals surface area contributed by atoms with Gasteiger partial charge in [0, 0.05) is 26.1 Å². The molecule has 2 amide bonds. The van der Waals surface area contributed by atoms with Crippen LogP contribution in [0.3, 0.4) is 0 Å². The van der Waals surface area contributed by atoms with Crippen LogP contribution in [0.5, 0.6) is 0 Å². The number of ether oxygens (including phenoxy) is 1. The summed E-state index contributed by atoms with van der Waals surface area (Å²) >= 11 is 0. The van der Waals surface area contributed by atoms with Crippen molar-refractivity contribution >= 4 is 11.8 Å². The molecule has 2 fully saturated rings. The van der Waals surface area contributed by atoms with Gasteiger partial charge in [0.15, 0.2) is 0 Å². The van der Waals surface area contributed by atoms with Gasteiger partial charge in [-0.1, -0.05) is 6.92 Å². The molecule has 2 aliphatic heterocycles. The van der Waals surface area contributed by atoms with Crippen LogP contribution < -0.4 is 5.32 Å². The Kier molecular flexibility index (Phi) is 3.85. The molecule has 0 aromatic carbocycles. The molecule has 19 heavy (non-hydrogen) atoms. The predicted molar refractivity (Wildman–Crippen MR) is 71.6 cm³/mol. The zero-order valence-corrected chi connectivity index (χ0v) is 12.1. The van der Waals surface area contributed by atoms with Crippen molar-refractivity contribution < 1.29 is 14.3 Å². The fraction of sp³-hybridized carbons (Fsp3) is 0.857. The Labute approximate surface area is 114 Å². The Hall–Kier alpha value is -1.10. The number of rotatable bonds is 3. The number of amides is 2. The molecule has 0 spiro atoms. The van der Waals surface area contributed by atoms with E-state index in [1.165, 1.54) is 0 Å². The SMILES string of the molecule is CCC1(C)NC(=O)CCN(CC2(C)CCCO2)C1=O. The van der Waals surface area contributed by atoms with Crippen LogP contribution in [0.4, 0.5) is 0 Å². The lowest BCUT2D eigenvalue weighted by Gasteiger charge is -2.35. The number of carbonyl (C=O) groups excluding carboxylic acids is 2. The molecule has 0 aromatic rings. The Morgan fingerprint density at radius 1 is 1.37 bits per heavy atom. The van der Waals surface area contributed by atoms with Crippen molar-refractivity contribution in [2.24, 2.45) is 0 Å². The van der Waals surface area contributed by atoms with Gasteiger partial charge in [0.2, 0.25) is 11.8 Å². The monoisotopic (exact) mass is 268 g/mol. The summed E-state index contributed by atoms with van der Waals surface area (Å²) < 4.78 is 5.76. The van der Waals surface area contributed by atoms with Gasteiger partial charge in [-0.25, -0.2) is 0 Å². The summed E-state index contributed by atoms with van der Waals surface area (Å²) in [4.78, 5) is 26.2. The van der Waals surface area contributed by atoms with Crippen molar-refractivity contribution in [3.63, 3.8) is 0 Å². The molecule has 5 nitrogen and oxygen atoms in total. The quantitative estimate of drug-likeness (QED) is 0.833. The topological polar surface area (TPSA) is 58.6 Å². The normalized spacial score (nSPS) is 36.3. The molecule has 5 heteroatoms. The van der Waals surface area contributed by atoms with Gasteiger partial charge in [-0.05, 0) is 33.1 Å². The van der Waals surface area contributed by atoms with E-state index in [0.29, 0.717) is 25.9 Å². The lowest BCUT2D eigenvalue weighted by Crippen LogP contribution is -2.56. The highest BCUT2D eigenvalue weighted by Crippen LogP contribution is 2.28. The van der Waals surface area contributed by atoms with Crippen molar-refractivity contribution in [2.75, 3.05) is 19.7 Å². The zero-order valence-electron chi connectivity index (χ0n) is 12.1. The van der Waals surface area contributed by atoms with E-state index >= 15 is 0 Å². The van der Waals surface area contributed by atoms with Crippen molar-refractivity contribution in [2.45, 2.75) is 57.6 Å². The average molecular weight is 268 g/mol. The number of hydrogen-bond donors (Lipinski definition) is 1. The first-order valence-electron chi connectivity index (χ1n) is 7.13. The summed E-state index contributed by atoms with van der Waals surface area (Å²) in [6.07, 6.45) is 2.99. The lowest BCUT2D eigenvalue weighted by atomic mass is 9.95. The molecule has 0 radical (unpaired) electrons. The minimum absolute atomic E-state index is 0.0116. The van der Waals surface area contributed by atoms with Crippen LogP contribution in [0.25, 0.3) is 0 Å². The first-order valence-corrected chi connectivity index (χ1v) is 7.13. The molecule has 0 aliphatic carbocycles. The van der Waals surface area contributed by atoms with Gasteiger partial charge in [-0.3, -0.25) is 9.59 Å². The second-order valence-corrected chi connectivity index (χ2v) is 6.11. The van der Waals surface area contributed by atoms with E-state index in [9.17, 15) is 9.59 Å². The molecule has 2 aliphatic rings. The smallest absolute Gasteiger partial charge is 0.248 e. The van der Waals surface area contributed by atoms with Gasteiger partial charge in [0.05, 0.1) is 5.60 Å². The Balaban J connectivity index is 2.14. The summed E-state index contributed by atoms with van der Waals surface area (Å²) in [5.74, 6) is -0.0322. The van der Waals surface area contributed by atoms with Gasteiger partial charge in [0.1, 0.15) is 5.54 Å². The second kappa shape index (κ2) is 5.12. The highest BCUT2D eigenvalue weighted by atomic mass is 16.5. The molecule has 1 N–H and O–H groups in total. The summed E-state index contributed by atoms with van der Waals surface area (Å²) in [6, 6.07) is 0. The van der Waals surface area contributed by atoms with E-state index in [4.69, 9.17) is 4.74 Å². The third-order valence-corrected chi connectivity index (χ3v) is 4.32. The number of nitrogens with zero attached hydrogens (tertiary/aromatic N) is 1. The third-order valence-electron chi connectivity index (χ3n) is 4.32. The van der Waals surface area contributed by atoms with E-state index in [1.54, 1.807) is 4.90 Å². The average Bonchev–Trinajstić information content (AvgIpc) is 2.76. The summed E-state index contributed by atoms with van der Waals surface area (Å²) in [7, 11) is 0. The van der Waals surface area contributed by atoms with Gasteiger partial charge in [0.25, 0.3) is 0 Å². The highest BCUT2D eigenvalue weighted by molar-refractivity contribution is 5.93. The maximum Gasteiger partial charge on any atom is 0.248 e. The predicted octanol–water partition coefficient (Wildman–Crippen LogP) is 1.07. The second-order valence-electron chi connectivity index (χ2n) is 6.11. The molecular weight excluding hydrogens is 244 g/mol. The van der Waals surface area contributed by atoms with Gasteiger partial charge >= 0.3 is 0 Å².